The molecule has 4 heteroatoms. The van der Waals surface area contributed by atoms with E-state index in [1.807, 2.05) is 30.3 Å². The van der Waals surface area contributed by atoms with Crippen molar-refractivity contribution in [1.82, 2.24) is 9.97 Å². The number of hydrogen-bond donors (Lipinski definition) is 1. The first-order valence-corrected chi connectivity index (χ1v) is 5.11. The summed E-state index contributed by atoms with van der Waals surface area (Å²) in [6.45, 7) is 3.38. The van der Waals surface area contributed by atoms with Crippen LogP contribution in [0.4, 0.5) is 5.82 Å². The van der Waals surface area contributed by atoms with Gasteiger partial charge < -0.3 is 5.32 Å². The van der Waals surface area contributed by atoms with Crippen LogP contribution in [0.5, 0.6) is 0 Å². The van der Waals surface area contributed by atoms with Crippen molar-refractivity contribution in [3.63, 3.8) is 0 Å². The molecule has 1 amide bonds. The zero-order valence-electron chi connectivity index (χ0n) is 9.13. The first-order valence-electron chi connectivity index (χ1n) is 5.11. The maximum Gasteiger partial charge on any atom is 0.248 e. The second-order valence-electron chi connectivity index (χ2n) is 3.32. The van der Waals surface area contributed by atoms with Crippen molar-refractivity contribution in [3.8, 4) is 11.4 Å². The van der Waals surface area contributed by atoms with E-state index in [2.05, 4.69) is 21.9 Å². The standard InChI is InChI=1S/C13H11N3O/c1-2-12(17)15-11-8-9-14-13(16-11)10-6-4-3-5-7-10/h2-9H,1H2,(H,14,15,16,17). The van der Waals surface area contributed by atoms with E-state index in [0.717, 1.165) is 5.56 Å². The Morgan fingerprint density at radius 2 is 2.00 bits per heavy atom. The largest absolute Gasteiger partial charge is 0.307 e. The van der Waals surface area contributed by atoms with Gasteiger partial charge in [0.25, 0.3) is 0 Å². The molecule has 0 saturated heterocycles. The van der Waals surface area contributed by atoms with Gasteiger partial charge >= 0.3 is 0 Å². The molecular weight excluding hydrogens is 214 g/mol. The van der Waals surface area contributed by atoms with Crippen LogP contribution < -0.4 is 5.32 Å². The molecule has 1 N–H and O–H groups in total. The Kier molecular flexibility index (Phi) is 3.25. The predicted molar refractivity (Wildman–Crippen MR) is 66.3 cm³/mol. The highest BCUT2D eigenvalue weighted by molar-refractivity contribution is 5.98. The maximum absolute atomic E-state index is 11.1. The molecule has 0 bridgehead atoms. The molecule has 0 aliphatic rings. The molecular formula is C13H11N3O. The summed E-state index contributed by atoms with van der Waals surface area (Å²) < 4.78 is 0. The highest BCUT2D eigenvalue weighted by Gasteiger charge is 2.03. The average Bonchev–Trinajstić information content (AvgIpc) is 2.40. The second-order valence-corrected chi connectivity index (χ2v) is 3.32. The van der Waals surface area contributed by atoms with Gasteiger partial charge in [0.05, 0.1) is 0 Å². The van der Waals surface area contributed by atoms with Crippen LogP contribution in [0, 0.1) is 0 Å². The van der Waals surface area contributed by atoms with Crippen LogP contribution >= 0.6 is 0 Å². The first kappa shape index (κ1) is 11.0. The second kappa shape index (κ2) is 5.03. The Labute approximate surface area is 99.0 Å². The summed E-state index contributed by atoms with van der Waals surface area (Å²) in [5, 5.41) is 2.59. The van der Waals surface area contributed by atoms with E-state index < -0.39 is 0 Å². The Balaban J connectivity index is 2.29. The third kappa shape index (κ3) is 2.75. The van der Waals surface area contributed by atoms with Gasteiger partial charge in [0.1, 0.15) is 5.82 Å². The van der Waals surface area contributed by atoms with Crippen LogP contribution in [0.2, 0.25) is 0 Å². The van der Waals surface area contributed by atoms with Crippen molar-refractivity contribution < 1.29 is 4.79 Å². The number of benzene rings is 1. The van der Waals surface area contributed by atoms with Gasteiger partial charge in [-0.05, 0) is 12.1 Å². The van der Waals surface area contributed by atoms with Crippen LogP contribution in [0.15, 0.2) is 55.3 Å². The quantitative estimate of drug-likeness (QED) is 0.815. The maximum atomic E-state index is 11.1. The lowest BCUT2D eigenvalue weighted by molar-refractivity contribution is -0.111. The van der Waals surface area contributed by atoms with Crippen LogP contribution in [0.3, 0.4) is 0 Å². The molecule has 0 aliphatic heterocycles. The molecule has 0 aliphatic carbocycles. The molecule has 2 rings (SSSR count). The monoisotopic (exact) mass is 225 g/mol. The van der Waals surface area contributed by atoms with Gasteiger partial charge in [-0.3, -0.25) is 4.79 Å². The van der Waals surface area contributed by atoms with E-state index in [9.17, 15) is 4.79 Å². The number of carbonyl (C=O) groups excluding carboxylic acids is 1. The molecule has 1 heterocycles. The Bertz CT molecular complexity index is 537. The normalized spacial score (nSPS) is 9.65. The van der Waals surface area contributed by atoms with Gasteiger partial charge in [-0.15, -0.1) is 0 Å². The van der Waals surface area contributed by atoms with Crippen molar-refractivity contribution in [2.24, 2.45) is 0 Å². The van der Waals surface area contributed by atoms with E-state index in [1.165, 1.54) is 6.08 Å². The van der Waals surface area contributed by atoms with Gasteiger partial charge in [-0.25, -0.2) is 9.97 Å². The molecule has 0 spiro atoms. The van der Waals surface area contributed by atoms with Gasteiger partial charge in [-0.2, -0.15) is 0 Å². The minimum atomic E-state index is -0.289. The van der Waals surface area contributed by atoms with E-state index >= 15 is 0 Å². The summed E-state index contributed by atoms with van der Waals surface area (Å²) in [7, 11) is 0. The smallest absolute Gasteiger partial charge is 0.248 e. The Hall–Kier alpha value is -2.49. The number of amides is 1. The van der Waals surface area contributed by atoms with Crippen molar-refractivity contribution in [2.45, 2.75) is 0 Å². The fourth-order valence-corrected chi connectivity index (χ4v) is 1.33. The van der Waals surface area contributed by atoms with Gasteiger partial charge in [0, 0.05) is 11.8 Å². The molecule has 0 unspecified atom stereocenters. The lowest BCUT2D eigenvalue weighted by Crippen LogP contribution is -2.09. The minimum Gasteiger partial charge on any atom is -0.307 e. The van der Waals surface area contributed by atoms with E-state index in [-0.39, 0.29) is 5.91 Å². The number of rotatable bonds is 3. The number of carbonyl (C=O) groups is 1. The molecule has 0 saturated carbocycles. The third-order valence-corrected chi connectivity index (χ3v) is 2.12. The fraction of sp³-hybridized carbons (Fsp3) is 0. The molecule has 4 nitrogen and oxygen atoms in total. The third-order valence-electron chi connectivity index (χ3n) is 2.12. The van der Waals surface area contributed by atoms with E-state index in [1.54, 1.807) is 12.3 Å². The Morgan fingerprint density at radius 3 is 2.71 bits per heavy atom. The molecule has 17 heavy (non-hydrogen) atoms. The van der Waals surface area contributed by atoms with Crippen molar-refractivity contribution in [3.05, 3.63) is 55.3 Å². The summed E-state index contributed by atoms with van der Waals surface area (Å²) in [6.07, 6.45) is 2.80. The minimum absolute atomic E-state index is 0.289. The summed E-state index contributed by atoms with van der Waals surface area (Å²) in [6, 6.07) is 11.2. The predicted octanol–water partition coefficient (Wildman–Crippen LogP) is 2.27. The van der Waals surface area contributed by atoms with Gasteiger partial charge in [-0.1, -0.05) is 36.9 Å². The van der Waals surface area contributed by atoms with Crippen LogP contribution in [-0.2, 0) is 4.79 Å². The highest BCUT2D eigenvalue weighted by Crippen LogP contribution is 2.15. The number of aromatic nitrogens is 2. The topological polar surface area (TPSA) is 54.9 Å². The number of anilines is 1. The SMILES string of the molecule is C=CC(=O)Nc1ccnc(-c2ccccc2)n1. The highest BCUT2D eigenvalue weighted by atomic mass is 16.1. The Morgan fingerprint density at radius 1 is 1.24 bits per heavy atom. The molecule has 84 valence electrons. The van der Waals surface area contributed by atoms with E-state index in [4.69, 9.17) is 0 Å². The molecule has 1 aromatic heterocycles. The number of hydrogen-bond acceptors (Lipinski definition) is 3. The fourth-order valence-electron chi connectivity index (χ4n) is 1.33. The van der Waals surface area contributed by atoms with E-state index in [0.29, 0.717) is 11.6 Å². The number of nitrogens with one attached hydrogen (secondary N) is 1. The van der Waals surface area contributed by atoms with Gasteiger partial charge in [0.2, 0.25) is 5.91 Å². The molecule has 2 aromatic rings. The summed E-state index contributed by atoms with van der Waals surface area (Å²) in [5.74, 6) is 0.749. The summed E-state index contributed by atoms with van der Waals surface area (Å²) >= 11 is 0. The molecule has 1 aromatic carbocycles. The van der Waals surface area contributed by atoms with Gasteiger partial charge in [0.15, 0.2) is 5.82 Å². The van der Waals surface area contributed by atoms with Crippen molar-refractivity contribution in [2.75, 3.05) is 5.32 Å². The zero-order chi connectivity index (χ0) is 12.1. The molecule has 0 radical (unpaired) electrons. The average molecular weight is 225 g/mol. The van der Waals surface area contributed by atoms with Crippen molar-refractivity contribution in [1.29, 1.82) is 0 Å². The van der Waals surface area contributed by atoms with Crippen molar-refractivity contribution >= 4 is 11.7 Å². The lowest BCUT2D eigenvalue weighted by Gasteiger charge is -2.03. The zero-order valence-corrected chi connectivity index (χ0v) is 9.13. The molecule has 0 fully saturated rings. The summed E-state index contributed by atoms with van der Waals surface area (Å²) in [4.78, 5) is 19.5. The number of nitrogens with zero attached hydrogens (tertiary/aromatic N) is 2. The van der Waals surface area contributed by atoms with Crippen LogP contribution in [-0.4, -0.2) is 15.9 Å². The van der Waals surface area contributed by atoms with Crippen LogP contribution in [0.25, 0.3) is 11.4 Å². The lowest BCUT2D eigenvalue weighted by atomic mass is 10.2. The molecule has 0 atom stereocenters. The summed E-state index contributed by atoms with van der Waals surface area (Å²) in [5.41, 5.74) is 0.905. The van der Waals surface area contributed by atoms with Crippen LogP contribution in [0.1, 0.15) is 0 Å². The first-order chi connectivity index (χ1) is 8.29.